The van der Waals surface area contributed by atoms with Crippen LogP contribution in [-0.4, -0.2) is 73.5 Å². The number of alkyl halides is 1. The van der Waals surface area contributed by atoms with E-state index in [0.717, 1.165) is 64.2 Å². The van der Waals surface area contributed by atoms with Gasteiger partial charge in [0.05, 0.1) is 7.11 Å². The highest BCUT2D eigenvalue weighted by atomic mass is 19.1. The monoisotopic (exact) mass is 391 g/mol. The molecule has 7 heteroatoms. The number of carbonyl (C=O) groups excluding carboxylic acids is 1. The predicted octanol–water partition coefficient (Wildman–Crippen LogP) is 3.23. The van der Waals surface area contributed by atoms with Crippen LogP contribution in [0, 0.1) is 5.41 Å². The Bertz CT molecular complexity index is 687. The number of ether oxygens (including phenoxy) is 2. The van der Waals surface area contributed by atoms with Gasteiger partial charge in [-0.05, 0) is 62.6 Å². The minimum Gasteiger partial charge on any atom is -0.481 e. The molecule has 1 amide bonds. The number of nitrogens with zero attached hydrogens (tertiary/aromatic N) is 3. The Morgan fingerprint density at radius 1 is 1.32 bits per heavy atom. The van der Waals surface area contributed by atoms with Gasteiger partial charge < -0.3 is 19.3 Å². The van der Waals surface area contributed by atoms with Gasteiger partial charge in [0, 0.05) is 30.9 Å². The van der Waals surface area contributed by atoms with Crippen LogP contribution in [0.3, 0.4) is 0 Å². The zero-order valence-electron chi connectivity index (χ0n) is 16.6. The van der Waals surface area contributed by atoms with Gasteiger partial charge in [0.2, 0.25) is 5.88 Å². The van der Waals surface area contributed by atoms with Crippen LogP contribution in [-0.2, 0) is 4.74 Å². The first-order valence-electron chi connectivity index (χ1n) is 10.3. The van der Waals surface area contributed by atoms with Gasteiger partial charge in [-0.25, -0.2) is 14.2 Å². The molecule has 1 aromatic rings. The Morgan fingerprint density at radius 3 is 2.82 bits per heavy atom. The largest absolute Gasteiger partial charge is 0.481 e. The van der Waals surface area contributed by atoms with E-state index in [1.807, 2.05) is 6.07 Å². The van der Waals surface area contributed by atoms with Crippen molar-refractivity contribution in [3.05, 3.63) is 23.9 Å². The van der Waals surface area contributed by atoms with Crippen molar-refractivity contribution in [2.24, 2.45) is 5.41 Å². The number of hydrogen-bond donors (Lipinski definition) is 0. The number of likely N-dealkylation sites (tertiary alicyclic amines) is 2. The second-order valence-corrected chi connectivity index (χ2v) is 8.45. The van der Waals surface area contributed by atoms with Gasteiger partial charge in [-0.3, -0.25) is 0 Å². The second-order valence-electron chi connectivity index (χ2n) is 8.45. The fourth-order valence-corrected chi connectivity index (χ4v) is 5.30. The summed E-state index contributed by atoms with van der Waals surface area (Å²) >= 11 is 0. The number of pyridine rings is 1. The lowest BCUT2D eigenvalue weighted by atomic mass is 9.64. The molecule has 0 bridgehead atoms. The van der Waals surface area contributed by atoms with Gasteiger partial charge >= 0.3 is 6.09 Å². The summed E-state index contributed by atoms with van der Waals surface area (Å²) in [4.78, 5) is 20.7. The van der Waals surface area contributed by atoms with Gasteiger partial charge in [-0.2, -0.15) is 0 Å². The highest BCUT2D eigenvalue weighted by Gasteiger charge is 2.51. The minimum absolute atomic E-state index is 0.137. The lowest BCUT2D eigenvalue weighted by Crippen LogP contribution is -2.54. The third-order valence-electron chi connectivity index (χ3n) is 6.82. The maximum Gasteiger partial charge on any atom is 0.409 e. The first-order valence-corrected chi connectivity index (χ1v) is 10.3. The van der Waals surface area contributed by atoms with E-state index in [2.05, 4.69) is 16.0 Å². The predicted molar refractivity (Wildman–Crippen MR) is 103 cm³/mol. The molecule has 0 radical (unpaired) electrons. The van der Waals surface area contributed by atoms with Crippen molar-refractivity contribution in [2.75, 3.05) is 46.6 Å². The molecule has 0 unspecified atom stereocenters. The molecule has 0 aromatic carbocycles. The van der Waals surface area contributed by atoms with Crippen molar-refractivity contribution in [3.63, 3.8) is 0 Å². The molecule has 154 valence electrons. The molecule has 0 N–H and O–H groups in total. The number of amides is 1. The maximum absolute atomic E-state index is 12.2. The molecule has 2 saturated heterocycles. The van der Waals surface area contributed by atoms with Crippen molar-refractivity contribution in [2.45, 2.75) is 44.1 Å². The number of methoxy groups -OCH3 is 1. The van der Waals surface area contributed by atoms with Crippen LogP contribution in [0.4, 0.5) is 9.18 Å². The fraction of sp³-hybridized carbons (Fsp3) is 0.714. The van der Waals surface area contributed by atoms with E-state index in [9.17, 15) is 9.18 Å². The van der Waals surface area contributed by atoms with Crippen molar-refractivity contribution < 1.29 is 18.7 Å². The van der Waals surface area contributed by atoms with E-state index < -0.39 is 6.67 Å². The lowest BCUT2D eigenvalue weighted by molar-refractivity contribution is -0.00505. The first kappa shape index (κ1) is 19.4. The third-order valence-corrected chi connectivity index (χ3v) is 6.82. The van der Waals surface area contributed by atoms with Crippen molar-refractivity contribution in [3.8, 4) is 5.88 Å². The summed E-state index contributed by atoms with van der Waals surface area (Å²) in [6.45, 7) is 2.95. The summed E-state index contributed by atoms with van der Waals surface area (Å²) in [6.07, 6.45) is 7.03. The van der Waals surface area contributed by atoms with Gasteiger partial charge in [-0.1, -0.05) is 6.07 Å². The molecule has 28 heavy (non-hydrogen) atoms. The summed E-state index contributed by atoms with van der Waals surface area (Å²) in [5.74, 6) is 1.27. The van der Waals surface area contributed by atoms with Crippen LogP contribution >= 0.6 is 0 Å². The number of carbonyl (C=O) groups is 1. The standard InChI is InChI=1S/C21H30FN3O3/c1-27-19-18(3-2-8-23-19)16-4-9-24(10-5-16)17-13-21(14-17)6-11-25(15-21)20(26)28-12-7-22/h2-3,8,16-17H,4-7,9-15H2,1H3. The Hall–Kier alpha value is -1.89. The highest BCUT2D eigenvalue weighted by Crippen LogP contribution is 2.51. The van der Waals surface area contributed by atoms with Crippen molar-refractivity contribution in [1.29, 1.82) is 0 Å². The van der Waals surface area contributed by atoms with E-state index >= 15 is 0 Å². The normalized spacial score (nSPS) is 28.4. The third kappa shape index (κ3) is 3.81. The quantitative estimate of drug-likeness (QED) is 0.771. The van der Waals surface area contributed by atoms with Crippen LogP contribution in [0.5, 0.6) is 5.88 Å². The van der Waals surface area contributed by atoms with E-state index in [4.69, 9.17) is 9.47 Å². The molecule has 1 saturated carbocycles. The molecule has 1 aromatic heterocycles. The van der Waals surface area contributed by atoms with E-state index in [1.54, 1.807) is 18.2 Å². The smallest absolute Gasteiger partial charge is 0.409 e. The Labute approximate surface area is 166 Å². The fourth-order valence-electron chi connectivity index (χ4n) is 5.30. The average molecular weight is 391 g/mol. The molecular formula is C21H30FN3O3. The molecule has 0 atom stereocenters. The zero-order chi connectivity index (χ0) is 19.6. The van der Waals surface area contributed by atoms with Crippen molar-refractivity contribution in [1.82, 2.24) is 14.8 Å². The summed E-state index contributed by atoms with van der Waals surface area (Å²) in [7, 11) is 1.69. The zero-order valence-corrected chi connectivity index (χ0v) is 16.6. The molecular weight excluding hydrogens is 361 g/mol. The second kappa shape index (κ2) is 8.23. The molecule has 3 heterocycles. The van der Waals surface area contributed by atoms with E-state index in [1.165, 1.54) is 5.56 Å². The molecule has 2 aliphatic heterocycles. The van der Waals surface area contributed by atoms with Gasteiger partial charge in [0.25, 0.3) is 0 Å². The van der Waals surface area contributed by atoms with Crippen LogP contribution < -0.4 is 4.74 Å². The van der Waals surface area contributed by atoms with Gasteiger partial charge in [0.15, 0.2) is 0 Å². The SMILES string of the molecule is COc1ncccc1C1CCN(C2CC3(CCN(C(=O)OCCF)C3)C2)CC1. The van der Waals surface area contributed by atoms with Gasteiger partial charge in [0.1, 0.15) is 13.3 Å². The minimum atomic E-state index is -0.617. The number of hydrogen-bond acceptors (Lipinski definition) is 5. The van der Waals surface area contributed by atoms with Crippen LogP contribution in [0.1, 0.15) is 43.6 Å². The number of halogens is 1. The topological polar surface area (TPSA) is 54.9 Å². The Kier molecular flexibility index (Phi) is 5.71. The van der Waals surface area contributed by atoms with Gasteiger partial charge in [-0.15, -0.1) is 0 Å². The molecule has 4 rings (SSSR count). The number of aromatic nitrogens is 1. The average Bonchev–Trinajstić information content (AvgIpc) is 3.17. The first-order chi connectivity index (χ1) is 13.6. The number of piperidine rings is 1. The summed E-state index contributed by atoms with van der Waals surface area (Å²) in [5.41, 5.74) is 1.48. The maximum atomic E-state index is 12.2. The Balaban J connectivity index is 1.25. The van der Waals surface area contributed by atoms with Crippen LogP contribution in [0.2, 0.25) is 0 Å². The molecule has 3 aliphatic rings. The highest BCUT2D eigenvalue weighted by molar-refractivity contribution is 5.68. The number of rotatable bonds is 5. The van der Waals surface area contributed by atoms with E-state index in [-0.39, 0.29) is 18.1 Å². The molecule has 1 aliphatic carbocycles. The summed E-state index contributed by atoms with van der Waals surface area (Å²) in [5, 5.41) is 0. The summed E-state index contributed by atoms with van der Waals surface area (Å²) in [6, 6.07) is 4.75. The summed E-state index contributed by atoms with van der Waals surface area (Å²) < 4.78 is 22.6. The van der Waals surface area contributed by atoms with Crippen LogP contribution in [0.25, 0.3) is 0 Å². The molecule has 6 nitrogen and oxygen atoms in total. The van der Waals surface area contributed by atoms with Crippen molar-refractivity contribution >= 4 is 6.09 Å². The van der Waals surface area contributed by atoms with E-state index in [0.29, 0.717) is 12.0 Å². The van der Waals surface area contributed by atoms with Crippen LogP contribution in [0.15, 0.2) is 18.3 Å². The molecule has 3 fully saturated rings. The lowest BCUT2D eigenvalue weighted by Gasteiger charge is -2.51. The Morgan fingerprint density at radius 2 is 2.11 bits per heavy atom. The molecule has 1 spiro atoms.